The number of nitrogens with one attached hydrogen (secondary N) is 3. The van der Waals surface area contributed by atoms with Gasteiger partial charge in [-0.2, -0.15) is 0 Å². The molecule has 0 aliphatic heterocycles. The van der Waals surface area contributed by atoms with E-state index in [1.807, 2.05) is 0 Å². The zero-order valence-electron chi connectivity index (χ0n) is 23.0. The van der Waals surface area contributed by atoms with E-state index in [-0.39, 0.29) is 69.5 Å². The number of aliphatic imine (C=N–C) groups is 2. The molecule has 40 heavy (non-hydrogen) atoms. The highest BCUT2D eigenvalue weighted by Gasteiger charge is 2.32. The molecule has 0 bridgehead atoms. The zero-order valence-corrected chi connectivity index (χ0v) is 23.0. The fraction of sp³-hybridized carbons (Fsp3) is 0.696. The lowest BCUT2D eigenvalue weighted by atomic mass is 9.96. The maximum atomic E-state index is 13.3. The van der Waals surface area contributed by atoms with Crippen molar-refractivity contribution in [3.63, 3.8) is 0 Å². The first-order valence-electron chi connectivity index (χ1n) is 12.9. The lowest BCUT2D eigenvalue weighted by Crippen LogP contribution is -2.58. The molecule has 0 heterocycles. The van der Waals surface area contributed by atoms with Crippen LogP contribution in [0.15, 0.2) is 9.98 Å². The van der Waals surface area contributed by atoms with E-state index in [1.54, 1.807) is 13.8 Å². The summed E-state index contributed by atoms with van der Waals surface area (Å²) < 4.78 is 0. The number of amides is 3. The molecule has 17 heteroatoms. The quantitative estimate of drug-likeness (QED) is 0.0393. The number of hydrogen-bond donors (Lipinski definition) is 10. The lowest BCUT2D eigenvalue weighted by Gasteiger charge is -2.28. The van der Waals surface area contributed by atoms with Crippen molar-refractivity contribution in [1.29, 1.82) is 0 Å². The average Bonchev–Trinajstić information content (AvgIpc) is 2.87. The summed E-state index contributed by atoms with van der Waals surface area (Å²) in [6.07, 6.45) is 0.607. The van der Waals surface area contributed by atoms with E-state index in [2.05, 4.69) is 25.9 Å². The molecule has 0 aromatic carbocycles. The van der Waals surface area contributed by atoms with Gasteiger partial charge in [0.1, 0.15) is 18.1 Å². The molecule has 0 rings (SSSR count). The average molecular weight is 573 g/mol. The van der Waals surface area contributed by atoms with E-state index in [9.17, 15) is 29.1 Å². The van der Waals surface area contributed by atoms with Crippen molar-refractivity contribution in [2.45, 2.75) is 83.0 Å². The Hall–Kier alpha value is -4.15. The van der Waals surface area contributed by atoms with E-state index in [0.29, 0.717) is 6.42 Å². The van der Waals surface area contributed by atoms with Crippen molar-refractivity contribution >= 4 is 41.6 Å². The predicted molar refractivity (Wildman–Crippen MR) is 148 cm³/mol. The van der Waals surface area contributed by atoms with Gasteiger partial charge in [-0.3, -0.25) is 29.2 Å². The van der Waals surface area contributed by atoms with Gasteiger partial charge in [0.25, 0.3) is 0 Å². The number of carbonyl (C=O) groups is 5. The summed E-state index contributed by atoms with van der Waals surface area (Å²) in [4.78, 5) is 69.1. The Bertz CT molecular complexity index is 920. The third kappa shape index (κ3) is 15.3. The SMILES string of the molecule is CCC(C)C(NC(=O)C(N)CCC(=O)O)C(=O)NC(CCCN=C(N)N)C(=O)NC(CCCN=C(N)N)C(=O)O. The Morgan fingerprint density at radius 2 is 1.25 bits per heavy atom. The highest BCUT2D eigenvalue weighted by molar-refractivity contribution is 5.94. The van der Waals surface area contributed by atoms with Crippen molar-refractivity contribution in [2.24, 2.45) is 44.6 Å². The van der Waals surface area contributed by atoms with Gasteiger partial charge in [-0.05, 0) is 38.0 Å². The van der Waals surface area contributed by atoms with Crippen LogP contribution in [0.25, 0.3) is 0 Å². The van der Waals surface area contributed by atoms with Crippen LogP contribution in [0.5, 0.6) is 0 Å². The molecule has 17 nitrogen and oxygen atoms in total. The molecule has 0 saturated carbocycles. The van der Waals surface area contributed by atoms with Crippen LogP contribution in [0.3, 0.4) is 0 Å². The molecular formula is C23H44N10O7. The van der Waals surface area contributed by atoms with Crippen LogP contribution in [-0.2, 0) is 24.0 Å². The van der Waals surface area contributed by atoms with Gasteiger partial charge in [0, 0.05) is 19.5 Å². The molecule has 0 aliphatic rings. The Kier molecular flexibility index (Phi) is 17.0. The van der Waals surface area contributed by atoms with Gasteiger partial charge in [0.05, 0.1) is 6.04 Å². The van der Waals surface area contributed by atoms with Crippen LogP contribution < -0.4 is 44.6 Å². The second-order valence-electron chi connectivity index (χ2n) is 9.27. The van der Waals surface area contributed by atoms with E-state index in [1.165, 1.54) is 0 Å². The lowest BCUT2D eigenvalue weighted by molar-refractivity contribution is -0.142. The summed E-state index contributed by atoms with van der Waals surface area (Å²) in [5.74, 6) is -5.28. The molecule has 0 radical (unpaired) electrons. The van der Waals surface area contributed by atoms with Crippen LogP contribution >= 0.6 is 0 Å². The molecule has 5 unspecified atom stereocenters. The smallest absolute Gasteiger partial charge is 0.326 e. The van der Waals surface area contributed by atoms with Gasteiger partial charge >= 0.3 is 11.9 Å². The monoisotopic (exact) mass is 572 g/mol. The second-order valence-corrected chi connectivity index (χ2v) is 9.27. The van der Waals surface area contributed by atoms with Crippen molar-refractivity contribution < 1.29 is 34.2 Å². The topological polar surface area (TPSA) is 317 Å². The molecule has 3 amide bonds. The molecular weight excluding hydrogens is 528 g/mol. The first kappa shape index (κ1) is 35.9. The minimum atomic E-state index is -1.29. The van der Waals surface area contributed by atoms with Crippen LogP contribution in [0.1, 0.15) is 58.8 Å². The minimum absolute atomic E-state index is 0.0201. The van der Waals surface area contributed by atoms with Crippen LogP contribution in [0.2, 0.25) is 0 Å². The van der Waals surface area contributed by atoms with E-state index < -0.39 is 53.8 Å². The van der Waals surface area contributed by atoms with Crippen LogP contribution in [0, 0.1) is 5.92 Å². The summed E-state index contributed by atoms with van der Waals surface area (Å²) in [6.45, 7) is 3.80. The Morgan fingerprint density at radius 1 is 0.750 bits per heavy atom. The standard InChI is InChI=1S/C23H44N10O7/c1-3-12(2)17(33-18(36)13(24)8-9-16(34)35)20(38)31-14(6-4-10-29-22(25)26)19(37)32-15(21(39)40)7-5-11-30-23(27)28/h12-15,17H,3-11,24H2,1-2H3,(H,31,38)(H,32,37)(H,33,36)(H,34,35)(H,39,40)(H4,25,26,29)(H4,27,28,30). The summed E-state index contributed by atoms with van der Waals surface area (Å²) in [6, 6.07) is -4.73. The second kappa shape index (κ2) is 19.0. The maximum absolute atomic E-state index is 13.3. The van der Waals surface area contributed by atoms with E-state index in [4.69, 9.17) is 33.8 Å². The van der Waals surface area contributed by atoms with Gasteiger partial charge < -0.3 is 54.8 Å². The van der Waals surface area contributed by atoms with Crippen molar-refractivity contribution in [2.75, 3.05) is 13.1 Å². The summed E-state index contributed by atoms with van der Waals surface area (Å²) >= 11 is 0. The molecule has 5 atom stereocenters. The van der Waals surface area contributed by atoms with Crippen molar-refractivity contribution in [1.82, 2.24) is 16.0 Å². The maximum Gasteiger partial charge on any atom is 0.326 e. The third-order valence-corrected chi connectivity index (χ3v) is 5.94. The summed E-state index contributed by atoms with van der Waals surface area (Å²) in [7, 11) is 0. The summed E-state index contributed by atoms with van der Waals surface area (Å²) in [5.41, 5.74) is 27.0. The number of carboxylic acids is 2. The predicted octanol–water partition coefficient (Wildman–Crippen LogP) is -3.13. The fourth-order valence-corrected chi connectivity index (χ4v) is 3.44. The Morgan fingerprint density at radius 3 is 1.70 bits per heavy atom. The van der Waals surface area contributed by atoms with E-state index >= 15 is 0 Å². The minimum Gasteiger partial charge on any atom is -0.481 e. The molecule has 0 fully saturated rings. The number of hydrogen-bond acceptors (Lipinski definition) is 8. The first-order chi connectivity index (χ1) is 18.7. The summed E-state index contributed by atoms with van der Waals surface area (Å²) in [5, 5.41) is 25.9. The van der Waals surface area contributed by atoms with Gasteiger partial charge in [0.2, 0.25) is 17.7 Å². The number of carbonyl (C=O) groups excluding carboxylic acids is 3. The molecule has 0 aromatic rings. The van der Waals surface area contributed by atoms with Gasteiger partial charge in [-0.15, -0.1) is 0 Å². The number of nitrogens with zero attached hydrogens (tertiary/aromatic N) is 2. The first-order valence-corrected chi connectivity index (χ1v) is 12.9. The van der Waals surface area contributed by atoms with Gasteiger partial charge in [-0.25, -0.2) is 4.79 Å². The number of aliphatic carboxylic acids is 2. The largest absolute Gasteiger partial charge is 0.481 e. The highest BCUT2D eigenvalue weighted by Crippen LogP contribution is 2.11. The molecule has 15 N–H and O–H groups in total. The molecule has 0 aliphatic carbocycles. The molecule has 0 saturated heterocycles. The van der Waals surface area contributed by atoms with Crippen LogP contribution in [-0.4, -0.2) is 89.0 Å². The fourth-order valence-electron chi connectivity index (χ4n) is 3.44. The normalized spacial score (nSPS) is 14.4. The number of rotatable bonds is 20. The molecule has 228 valence electrons. The van der Waals surface area contributed by atoms with Gasteiger partial charge in [-0.1, -0.05) is 20.3 Å². The number of nitrogens with two attached hydrogens (primary N) is 5. The van der Waals surface area contributed by atoms with Crippen LogP contribution in [0.4, 0.5) is 0 Å². The van der Waals surface area contributed by atoms with E-state index in [0.717, 1.165) is 0 Å². The number of guanidine groups is 2. The van der Waals surface area contributed by atoms with Crippen molar-refractivity contribution in [3.05, 3.63) is 0 Å². The zero-order chi connectivity index (χ0) is 30.8. The highest BCUT2D eigenvalue weighted by atomic mass is 16.4. The Labute approximate surface area is 232 Å². The van der Waals surface area contributed by atoms with Gasteiger partial charge in [0.15, 0.2) is 11.9 Å². The van der Waals surface area contributed by atoms with Crippen molar-refractivity contribution in [3.8, 4) is 0 Å². The Balaban J connectivity index is 5.68. The molecule has 0 aromatic heterocycles. The molecule has 0 spiro atoms. The third-order valence-electron chi connectivity index (χ3n) is 5.94. The number of carboxylic acid groups (broad SMARTS) is 2.